The first-order valence-electron chi connectivity index (χ1n) is 5.90. The summed E-state index contributed by atoms with van der Waals surface area (Å²) >= 11 is 5.75. The first-order valence-corrected chi connectivity index (χ1v) is 7.76. The molecule has 1 aromatic carbocycles. The lowest BCUT2D eigenvalue weighted by atomic mass is 9.96. The molecule has 0 radical (unpaired) electrons. The zero-order valence-electron chi connectivity index (χ0n) is 10.8. The molecule has 1 aromatic rings. The number of rotatable bonds is 6. The second kappa shape index (κ2) is 6.17. The van der Waals surface area contributed by atoms with Crippen LogP contribution in [0, 0.1) is 5.82 Å². The number of hydrogen-bond acceptors (Lipinski definition) is 3. The Morgan fingerprint density at radius 1 is 1.37 bits per heavy atom. The molecule has 0 aliphatic rings. The molecule has 0 heterocycles. The molecule has 19 heavy (non-hydrogen) atoms. The molecule has 108 valence electrons. The van der Waals surface area contributed by atoms with Gasteiger partial charge in [0.2, 0.25) is 10.0 Å². The Balaban J connectivity index is 3.17. The van der Waals surface area contributed by atoms with Gasteiger partial charge in [0.1, 0.15) is 10.7 Å². The molecule has 1 rings (SSSR count). The van der Waals surface area contributed by atoms with Gasteiger partial charge in [-0.3, -0.25) is 0 Å². The van der Waals surface area contributed by atoms with Crippen molar-refractivity contribution in [1.82, 2.24) is 4.72 Å². The van der Waals surface area contributed by atoms with Crippen molar-refractivity contribution in [3.8, 4) is 0 Å². The molecule has 2 N–H and O–H groups in total. The maximum Gasteiger partial charge on any atom is 0.242 e. The van der Waals surface area contributed by atoms with E-state index in [0.29, 0.717) is 12.8 Å². The van der Waals surface area contributed by atoms with Crippen LogP contribution in [0.1, 0.15) is 26.7 Å². The largest absolute Gasteiger partial charge is 0.394 e. The van der Waals surface area contributed by atoms with E-state index in [1.165, 1.54) is 0 Å². The van der Waals surface area contributed by atoms with Crippen LogP contribution in [0.4, 0.5) is 4.39 Å². The number of aliphatic hydroxyl groups excluding tert-OH is 1. The summed E-state index contributed by atoms with van der Waals surface area (Å²) in [5, 5.41) is 9.19. The molecule has 0 atom stereocenters. The Kier molecular flexibility index (Phi) is 5.32. The van der Waals surface area contributed by atoms with Gasteiger partial charge in [-0.2, -0.15) is 0 Å². The molecule has 0 fully saturated rings. The van der Waals surface area contributed by atoms with Crippen molar-refractivity contribution in [2.45, 2.75) is 37.1 Å². The standard InChI is InChI=1S/C12H17ClFNO3S/c1-3-12(4-2,8-16)15-19(17,18)11-6-5-9(14)7-10(11)13/h5-7,15-16H,3-4,8H2,1-2H3. The van der Waals surface area contributed by atoms with Gasteiger partial charge >= 0.3 is 0 Å². The highest BCUT2D eigenvalue weighted by atomic mass is 35.5. The zero-order valence-corrected chi connectivity index (χ0v) is 12.4. The summed E-state index contributed by atoms with van der Waals surface area (Å²) in [6.07, 6.45) is 0.857. The predicted molar refractivity (Wildman–Crippen MR) is 72.1 cm³/mol. The minimum atomic E-state index is -3.91. The van der Waals surface area contributed by atoms with Crippen molar-refractivity contribution in [1.29, 1.82) is 0 Å². The number of benzene rings is 1. The molecular formula is C12H17ClFNO3S. The Hall–Kier alpha value is -0.690. The third-order valence-corrected chi connectivity index (χ3v) is 5.25. The summed E-state index contributed by atoms with van der Waals surface area (Å²) in [5.74, 6) is -0.608. The fourth-order valence-corrected chi connectivity index (χ4v) is 3.75. The van der Waals surface area contributed by atoms with Crippen LogP contribution in [0.2, 0.25) is 5.02 Å². The minimum Gasteiger partial charge on any atom is -0.394 e. The first-order chi connectivity index (χ1) is 8.80. The highest BCUT2D eigenvalue weighted by Gasteiger charge is 2.32. The van der Waals surface area contributed by atoms with Crippen LogP contribution in [0.5, 0.6) is 0 Å². The van der Waals surface area contributed by atoms with Gasteiger partial charge in [-0.05, 0) is 31.0 Å². The molecule has 0 aliphatic carbocycles. The van der Waals surface area contributed by atoms with Gasteiger partial charge in [-0.15, -0.1) is 0 Å². The van der Waals surface area contributed by atoms with Gasteiger partial charge < -0.3 is 5.11 Å². The Morgan fingerprint density at radius 3 is 2.37 bits per heavy atom. The van der Waals surface area contributed by atoms with Crippen LogP contribution < -0.4 is 4.72 Å². The van der Waals surface area contributed by atoms with Crippen LogP contribution in [-0.4, -0.2) is 25.7 Å². The molecule has 0 aromatic heterocycles. The van der Waals surface area contributed by atoms with E-state index in [-0.39, 0.29) is 16.5 Å². The summed E-state index contributed by atoms with van der Waals surface area (Å²) < 4.78 is 39.8. The highest BCUT2D eigenvalue weighted by molar-refractivity contribution is 7.89. The lowest BCUT2D eigenvalue weighted by Gasteiger charge is -2.30. The molecular weight excluding hydrogens is 293 g/mol. The molecule has 0 saturated heterocycles. The topological polar surface area (TPSA) is 66.4 Å². The molecule has 4 nitrogen and oxygen atoms in total. The SMILES string of the molecule is CCC(CC)(CO)NS(=O)(=O)c1ccc(F)cc1Cl. The van der Waals surface area contributed by atoms with E-state index in [0.717, 1.165) is 18.2 Å². The normalized spacial score (nSPS) is 12.7. The van der Waals surface area contributed by atoms with Crippen molar-refractivity contribution in [3.63, 3.8) is 0 Å². The summed E-state index contributed by atoms with van der Waals surface area (Å²) in [6.45, 7) is 3.22. The van der Waals surface area contributed by atoms with E-state index >= 15 is 0 Å². The molecule has 0 bridgehead atoms. The average Bonchev–Trinajstić information content (AvgIpc) is 2.35. The van der Waals surface area contributed by atoms with E-state index < -0.39 is 21.4 Å². The maximum atomic E-state index is 12.9. The second-order valence-corrected chi connectivity index (χ2v) is 6.38. The lowest BCUT2D eigenvalue weighted by Crippen LogP contribution is -2.50. The predicted octanol–water partition coefficient (Wildman–Crippen LogP) is 2.31. The number of halogens is 2. The Labute approximate surface area is 117 Å². The van der Waals surface area contributed by atoms with Crippen molar-refractivity contribution in [2.75, 3.05) is 6.61 Å². The van der Waals surface area contributed by atoms with Crippen molar-refractivity contribution in [3.05, 3.63) is 29.0 Å². The lowest BCUT2D eigenvalue weighted by molar-refractivity contribution is 0.172. The van der Waals surface area contributed by atoms with E-state index in [1.54, 1.807) is 13.8 Å². The Bertz CT molecular complexity index is 536. The second-order valence-electron chi connectivity index (χ2n) is 4.33. The van der Waals surface area contributed by atoms with E-state index in [2.05, 4.69) is 4.72 Å². The quantitative estimate of drug-likeness (QED) is 0.847. The third kappa shape index (κ3) is 3.66. The van der Waals surface area contributed by atoms with Gasteiger partial charge in [-0.1, -0.05) is 25.4 Å². The van der Waals surface area contributed by atoms with Gasteiger partial charge in [0.25, 0.3) is 0 Å². The molecule has 0 amide bonds. The molecule has 0 aliphatic heterocycles. The van der Waals surface area contributed by atoms with Crippen molar-refractivity contribution >= 4 is 21.6 Å². The van der Waals surface area contributed by atoms with Crippen molar-refractivity contribution < 1.29 is 17.9 Å². The Morgan fingerprint density at radius 2 is 1.95 bits per heavy atom. The maximum absolute atomic E-state index is 12.9. The first kappa shape index (κ1) is 16.4. The summed E-state index contributed by atoms with van der Waals surface area (Å²) in [6, 6.07) is 3.07. The monoisotopic (exact) mass is 309 g/mol. The zero-order chi connectivity index (χ0) is 14.7. The molecule has 0 saturated carbocycles. The molecule has 0 unspecified atom stereocenters. The fourth-order valence-electron chi connectivity index (χ4n) is 1.68. The molecule has 0 spiro atoms. The number of aliphatic hydroxyl groups is 1. The molecule has 7 heteroatoms. The van der Waals surface area contributed by atoms with E-state index in [9.17, 15) is 17.9 Å². The average molecular weight is 310 g/mol. The van der Waals surface area contributed by atoms with Crippen LogP contribution in [-0.2, 0) is 10.0 Å². The summed E-state index contributed by atoms with van der Waals surface area (Å²) in [7, 11) is -3.91. The number of sulfonamides is 1. The van der Waals surface area contributed by atoms with Gasteiger partial charge in [-0.25, -0.2) is 17.5 Å². The van der Waals surface area contributed by atoms with Crippen LogP contribution in [0.15, 0.2) is 23.1 Å². The van der Waals surface area contributed by atoms with Crippen LogP contribution in [0.3, 0.4) is 0 Å². The summed E-state index contributed by atoms with van der Waals surface area (Å²) in [5.41, 5.74) is -0.934. The third-order valence-electron chi connectivity index (χ3n) is 3.19. The van der Waals surface area contributed by atoms with Gasteiger partial charge in [0, 0.05) is 0 Å². The van der Waals surface area contributed by atoms with E-state index in [1.807, 2.05) is 0 Å². The summed E-state index contributed by atoms with van der Waals surface area (Å²) in [4.78, 5) is -0.199. The van der Waals surface area contributed by atoms with Crippen LogP contribution in [0.25, 0.3) is 0 Å². The highest BCUT2D eigenvalue weighted by Crippen LogP contribution is 2.25. The van der Waals surface area contributed by atoms with Gasteiger partial charge in [0.15, 0.2) is 0 Å². The number of nitrogens with one attached hydrogen (secondary N) is 1. The number of hydrogen-bond donors (Lipinski definition) is 2. The van der Waals surface area contributed by atoms with Gasteiger partial charge in [0.05, 0.1) is 17.2 Å². The van der Waals surface area contributed by atoms with Crippen molar-refractivity contribution in [2.24, 2.45) is 0 Å². The van der Waals surface area contributed by atoms with Crippen LogP contribution >= 0.6 is 11.6 Å². The van der Waals surface area contributed by atoms with E-state index in [4.69, 9.17) is 11.6 Å². The smallest absolute Gasteiger partial charge is 0.242 e. The fraction of sp³-hybridized carbons (Fsp3) is 0.500. The minimum absolute atomic E-state index is 0.188.